The van der Waals surface area contributed by atoms with Crippen LogP contribution in [0.5, 0.6) is 5.75 Å². The number of ketones is 3. The van der Waals surface area contributed by atoms with E-state index in [1.54, 1.807) is 19.1 Å². The van der Waals surface area contributed by atoms with Crippen LogP contribution in [-0.2, 0) is 14.4 Å². The molecule has 6 nitrogen and oxygen atoms in total. The van der Waals surface area contributed by atoms with Crippen LogP contribution in [0.15, 0.2) is 65.4 Å². The van der Waals surface area contributed by atoms with Gasteiger partial charge >= 0.3 is 0 Å². The molecule has 0 amide bonds. The molecule has 0 saturated heterocycles. The molecule has 1 saturated carbocycles. The number of fused-ring (bicyclic) bond motifs is 3. The lowest BCUT2D eigenvalue weighted by Gasteiger charge is -2.42. The molecule has 3 aliphatic carbocycles. The number of aromatic hydroxyl groups is 1. The molecule has 2 aromatic carbocycles. The molecule has 6 heteroatoms. The number of allylic oxidation sites excluding steroid dienone is 4. The van der Waals surface area contributed by atoms with Crippen LogP contribution in [-0.4, -0.2) is 32.7 Å². The molecule has 0 bridgehead atoms. The molecule has 3 unspecified atom stereocenters. The zero-order valence-corrected chi connectivity index (χ0v) is 18.6. The third-order valence-electron chi connectivity index (χ3n) is 7.13. The fourth-order valence-electron chi connectivity index (χ4n) is 5.60. The molecule has 3 atom stereocenters. The molecule has 0 heterocycles. The maximum atomic E-state index is 13.8. The average molecular weight is 456 g/mol. The molecule has 2 aromatic rings. The molecule has 3 N–H and O–H groups in total. The lowest BCUT2D eigenvalue weighted by atomic mass is 9.60. The Morgan fingerprint density at radius 1 is 1.03 bits per heavy atom. The molecule has 0 aliphatic heterocycles. The summed E-state index contributed by atoms with van der Waals surface area (Å²) in [5.74, 6) is -4.51. The van der Waals surface area contributed by atoms with Crippen LogP contribution in [0.4, 0.5) is 0 Å². The first-order valence-electron chi connectivity index (χ1n) is 11.4. The minimum absolute atomic E-state index is 0.0163. The quantitative estimate of drug-likeness (QED) is 0.572. The molecule has 0 radical (unpaired) electrons. The summed E-state index contributed by atoms with van der Waals surface area (Å²) in [6.45, 7) is 1.59. The zero-order valence-electron chi connectivity index (χ0n) is 18.6. The molecule has 172 valence electrons. The van der Waals surface area contributed by atoms with E-state index in [2.05, 4.69) is 0 Å². The van der Waals surface area contributed by atoms with E-state index in [1.165, 1.54) is 6.07 Å². The van der Waals surface area contributed by atoms with Crippen LogP contribution in [0.1, 0.15) is 42.9 Å². The van der Waals surface area contributed by atoms with Crippen molar-refractivity contribution in [2.75, 3.05) is 0 Å². The summed E-state index contributed by atoms with van der Waals surface area (Å²) in [5.41, 5.74) is 2.23. The van der Waals surface area contributed by atoms with Crippen molar-refractivity contribution in [2.45, 2.75) is 26.2 Å². The molecule has 0 aromatic heterocycles. The SMILES string of the molecule is CCC(=O)C1=C(O)C2C(=O)C3=C(O)c4c(O)cccc4/C(=C\c4ccccc4)C3CC2CC1=O. The Morgan fingerprint density at radius 2 is 1.76 bits per heavy atom. The Morgan fingerprint density at radius 3 is 2.47 bits per heavy atom. The minimum Gasteiger partial charge on any atom is -0.511 e. The van der Waals surface area contributed by atoms with Gasteiger partial charge in [0, 0.05) is 24.3 Å². The summed E-state index contributed by atoms with van der Waals surface area (Å²) in [4.78, 5) is 38.8. The number of aliphatic hydroxyl groups excluding tert-OH is 2. The smallest absolute Gasteiger partial charge is 0.174 e. The van der Waals surface area contributed by atoms with Crippen molar-refractivity contribution in [3.8, 4) is 5.75 Å². The number of hydrogen-bond acceptors (Lipinski definition) is 6. The van der Waals surface area contributed by atoms with Gasteiger partial charge in [0.2, 0.25) is 0 Å². The van der Waals surface area contributed by atoms with E-state index in [4.69, 9.17) is 0 Å². The van der Waals surface area contributed by atoms with Crippen LogP contribution < -0.4 is 0 Å². The second kappa shape index (κ2) is 8.13. The van der Waals surface area contributed by atoms with Gasteiger partial charge in [-0.05, 0) is 35.1 Å². The summed E-state index contributed by atoms with van der Waals surface area (Å²) >= 11 is 0. The summed E-state index contributed by atoms with van der Waals surface area (Å²) in [7, 11) is 0. The Balaban J connectivity index is 1.72. The van der Waals surface area contributed by atoms with Gasteiger partial charge in [0.1, 0.15) is 17.3 Å². The van der Waals surface area contributed by atoms with Gasteiger partial charge in [0.15, 0.2) is 17.3 Å². The summed E-state index contributed by atoms with van der Waals surface area (Å²) in [5, 5.41) is 32.6. The van der Waals surface area contributed by atoms with Crippen molar-refractivity contribution in [3.05, 3.63) is 82.1 Å². The Kier molecular flexibility index (Phi) is 5.24. The number of phenols is 1. The van der Waals surface area contributed by atoms with Crippen LogP contribution in [0.25, 0.3) is 17.4 Å². The number of rotatable bonds is 3. The number of carbonyl (C=O) groups is 3. The first kappa shape index (κ1) is 21.9. The second-order valence-corrected chi connectivity index (χ2v) is 9.03. The molecular formula is C28H24O6. The molecule has 1 fully saturated rings. The monoisotopic (exact) mass is 456 g/mol. The largest absolute Gasteiger partial charge is 0.511 e. The number of aliphatic hydroxyl groups is 2. The summed E-state index contributed by atoms with van der Waals surface area (Å²) in [6, 6.07) is 14.4. The number of Topliss-reactive ketones (excluding diaryl/α,β-unsaturated/α-hetero) is 3. The van der Waals surface area contributed by atoms with Gasteiger partial charge in [0.05, 0.1) is 17.1 Å². The van der Waals surface area contributed by atoms with Gasteiger partial charge < -0.3 is 15.3 Å². The van der Waals surface area contributed by atoms with Crippen molar-refractivity contribution >= 4 is 34.8 Å². The van der Waals surface area contributed by atoms with Gasteiger partial charge in [-0.15, -0.1) is 0 Å². The van der Waals surface area contributed by atoms with E-state index >= 15 is 0 Å². The highest BCUT2D eigenvalue weighted by molar-refractivity contribution is 6.23. The highest BCUT2D eigenvalue weighted by Crippen LogP contribution is 2.54. The van der Waals surface area contributed by atoms with Crippen LogP contribution >= 0.6 is 0 Å². The van der Waals surface area contributed by atoms with Gasteiger partial charge in [-0.1, -0.05) is 55.5 Å². The fourth-order valence-corrected chi connectivity index (χ4v) is 5.60. The molecule has 0 spiro atoms. The van der Waals surface area contributed by atoms with Crippen molar-refractivity contribution in [1.82, 2.24) is 0 Å². The molecule has 3 aliphatic rings. The number of phenolic OH excluding ortho intramolecular Hbond substituents is 1. The fraction of sp³-hybridized carbons (Fsp3) is 0.250. The Bertz CT molecular complexity index is 1330. The third-order valence-corrected chi connectivity index (χ3v) is 7.13. The molecular weight excluding hydrogens is 432 g/mol. The Labute approximate surface area is 196 Å². The maximum absolute atomic E-state index is 13.8. The van der Waals surface area contributed by atoms with E-state index in [-0.39, 0.29) is 41.1 Å². The van der Waals surface area contributed by atoms with E-state index in [1.807, 2.05) is 36.4 Å². The van der Waals surface area contributed by atoms with E-state index in [0.29, 0.717) is 12.0 Å². The van der Waals surface area contributed by atoms with Crippen LogP contribution in [0.2, 0.25) is 0 Å². The van der Waals surface area contributed by atoms with E-state index in [0.717, 1.165) is 11.1 Å². The first-order valence-corrected chi connectivity index (χ1v) is 11.4. The van der Waals surface area contributed by atoms with Gasteiger partial charge in [-0.25, -0.2) is 0 Å². The highest BCUT2D eigenvalue weighted by Gasteiger charge is 2.51. The third kappa shape index (κ3) is 3.21. The van der Waals surface area contributed by atoms with Gasteiger partial charge in [-0.2, -0.15) is 0 Å². The van der Waals surface area contributed by atoms with Crippen molar-refractivity contribution in [2.24, 2.45) is 17.8 Å². The predicted molar refractivity (Wildman–Crippen MR) is 127 cm³/mol. The number of carbonyl (C=O) groups excluding carboxylic acids is 3. The van der Waals surface area contributed by atoms with E-state index in [9.17, 15) is 29.7 Å². The summed E-state index contributed by atoms with van der Waals surface area (Å²) in [6.07, 6.45) is 2.29. The van der Waals surface area contributed by atoms with Gasteiger partial charge in [0.25, 0.3) is 0 Å². The lowest BCUT2D eigenvalue weighted by molar-refractivity contribution is -0.127. The van der Waals surface area contributed by atoms with Gasteiger partial charge in [-0.3, -0.25) is 14.4 Å². The second-order valence-electron chi connectivity index (χ2n) is 9.03. The van der Waals surface area contributed by atoms with Crippen molar-refractivity contribution in [3.63, 3.8) is 0 Å². The molecule has 5 rings (SSSR count). The predicted octanol–water partition coefficient (Wildman–Crippen LogP) is 4.80. The summed E-state index contributed by atoms with van der Waals surface area (Å²) < 4.78 is 0. The topological polar surface area (TPSA) is 112 Å². The van der Waals surface area contributed by atoms with Crippen LogP contribution in [0, 0.1) is 17.8 Å². The maximum Gasteiger partial charge on any atom is 0.174 e. The number of hydrogen-bond donors (Lipinski definition) is 3. The lowest BCUT2D eigenvalue weighted by Crippen LogP contribution is -2.43. The number of benzene rings is 2. The highest BCUT2D eigenvalue weighted by atomic mass is 16.3. The van der Waals surface area contributed by atoms with Crippen molar-refractivity contribution in [1.29, 1.82) is 0 Å². The van der Waals surface area contributed by atoms with E-state index < -0.39 is 40.9 Å². The molecule has 34 heavy (non-hydrogen) atoms. The minimum atomic E-state index is -1.07. The first-order chi connectivity index (χ1) is 16.3. The normalized spacial score (nSPS) is 25.2. The zero-order chi connectivity index (χ0) is 24.1. The average Bonchev–Trinajstić information content (AvgIpc) is 2.81. The van der Waals surface area contributed by atoms with Crippen LogP contribution in [0.3, 0.4) is 0 Å². The van der Waals surface area contributed by atoms with Crippen molar-refractivity contribution < 1.29 is 29.7 Å². The Hall–Kier alpha value is -3.93. The standard InChI is InChI=1S/C28H24O6/c1-2-19(29)25-21(31)13-15-12-18-17(11-14-7-4-3-5-8-14)16-9-6-10-20(30)23(16)28(34)24(18)26(32)22(15)27(25)33/h3-11,15,18,22,30,33-34H,2,12-13H2,1H3/b17-11+.